The number of nitrogen functional groups attached to an aromatic ring is 1. The van der Waals surface area contributed by atoms with Crippen molar-refractivity contribution in [2.24, 2.45) is 11.7 Å². The standard InChI is InChI=1S/C13H20N4/c1-9(2)12-4-3-7-17(12)10-5-6-16-11(8-10)13(14)15/h5-6,8-9,12H,3-4,7H2,1-2H3,(H3,14,15). The number of nitrogens with one attached hydrogen (secondary N) is 1. The minimum Gasteiger partial charge on any atom is -0.382 e. The quantitative estimate of drug-likeness (QED) is 0.618. The van der Waals surface area contributed by atoms with Crippen molar-refractivity contribution in [2.45, 2.75) is 32.7 Å². The molecule has 0 aliphatic carbocycles. The Balaban J connectivity index is 2.27. The van der Waals surface area contributed by atoms with Crippen LogP contribution in [0.1, 0.15) is 32.4 Å². The maximum Gasteiger partial charge on any atom is 0.141 e. The Bertz CT molecular complexity index is 414. The van der Waals surface area contributed by atoms with E-state index in [4.69, 9.17) is 11.1 Å². The SMILES string of the molecule is CC(C)C1CCCN1c1ccnc(C(=N)N)c1. The molecule has 1 unspecified atom stereocenters. The molecule has 2 rings (SSSR count). The summed E-state index contributed by atoms with van der Waals surface area (Å²) in [6, 6.07) is 4.52. The van der Waals surface area contributed by atoms with Gasteiger partial charge in [0.25, 0.3) is 0 Å². The molecule has 0 amide bonds. The number of hydrogen-bond acceptors (Lipinski definition) is 3. The molecule has 3 N–H and O–H groups in total. The van der Waals surface area contributed by atoms with Crippen LogP contribution < -0.4 is 10.6 Å². The van der Waals surface area contributed by atoms with Crippen LogP contribution in [0.5, 0.6) is 0 Å². The van der Waals surface area contributed by atoms with E-state index < -0.39 is 0 Å². The second-order valence-electron chi connectivity index (χ2n) is 4.96. The van der Waals surface area contributed by atoms with Gasteiger partial charge in [-0.25, -0.2) is 0 Å². The lowest BCUT2D eigenvalue weighted by Crippen LogP contribution is -2.33. The molecule has 0 spiro atoms. The Kier molecular flexibility index (Phi) is 3.31. The molecule has 17 heavy (non-hydrogen) atoms. The Morgan fingerprint density at radius 3 is 3.00 bits per heavy atom. The van der Waals surface area contributed by atoms with Crippen molar-refractivity contribution in [1.82, 2.24) is 4.98 Å². The minimum absolute atomic E-state index is 0.0344. The van der Waals surface area contributed by atoms with Crippen LogP contribution in [0.4, 0.5) is 5.69 Å². The topological polar surface area (TPSA) is 66.0 Å². The van der Waals surface area contributed by atoms with Crippen LogP contribution in [0, 0.1) is 11.3 Å². The van der Waals surface area contributed by atoms with Gasteiger partial charge in [-0.3, -0.25) is 10.4 Å². The predicted molar refractivity (Wildman–Crippen MR) is 70.5 cm³/mol. The third-order valence-corrected chi connectivity index (χ3v) is 3.42. The summed E-state index contributed by atoms with van der Waals surface area (Å²) in [5.74, 6) is 0.679. The van der Waals surface area contributed by atoms with Crippen LogP contribution in [0.3, 0.4) is 0 Å². The van der Waals surface area contributed by atoms with E-state index >= 15 is 0 Å². The van der Waals surface area contributed by atoms with E-state index in [2.05, 4.69) is 23.7 Å². The lowest BCUT2D eigenvalue weighted by atomic mass is 10.0. The summed E-state index contributed by atoms with van der Waals surface area (Å²) in [5.41, 5.74) is 7.18. The van der Waals surface area contributed by atoms with Gasteiger partial charge in [-0.2, -0.15) is 0 Å². The van der Waals surface area contributed by atoms with Crippen LogP contribution in [-0.4, -0.2) is 23.4 Å². The number of rotatable bonds is 3. The largest absolute Gasteiger partial charge is 0.382 e. The maximum atomic E-state index is 7.43. The monoisotopic (exact) mass is 232 g/mol. The number of pyridine rings is 1. The fourth-order valence-corrected chi connectivity index (χ4v) is 2.55. The highest BCUT2D eigenvalue weighted by molar-refractivity contribution is 5.93. The van der Waals surface area contributed by atoms with Gasteiger partial charge < -0.3 is 10.6 Å². The molecule has 0 radical (unpaired) electrons. The molecule has 1 saturated heterocycles. The van der Waals surface area contributed by atoms with Gasteiger partial charge in [-0.05, 0) is 30.9 Å². The fraction of sp³-hybridized carbons (Fsp3) is 0.538. The number of amidine groups is 1. The van der Waals surface area contributed by atoms with Crippen molar-refractivity contribution in [3.8, 4) is 0 Å². The highest BCUT2D eigenvalue weighted by Crippen LogP contribution is 2.29. The van der Waals surface area contributed by atoms with Crippen molar-refractivity contribution in [2.75, 3.05) is 11.4 Å². The molecule has 92 valence electrons. The summed E-state index contributed by atoms with van der Waals surface area (Å²) in [6.07, 6.45) is 4.22. The molecule has 1 fully saturated rings. The molecule has 0 saturated carbocycles. The second-order valence-corrected chi connectivity index (χ2v) is 4.96. The molecule has 0 aromatic carbocycles. The molecule has 1 aliphatic rings. The number of nitrogens with zero attached hydrogens (tertiary/aromatic N) is 2. The van der Waals surface area contributed by atoms with Gasteiger partial charge in [0.1, 0.15) is 11.5 Å². The molecular weight excluding hydrogens is 212 g/mol. The maximum absolute atomic E-state index is 7.43. The summed E-state index contributed by atoms with van der Waals surface area (Å²) >= 11 is 0. The lowest BCUT2D eigenvalue weighted by molar-refractivity contribution is 0.492. The first kappa shape index (κ1) is 11.9. The van der Waals surface area contributed by atoms with Gasteiger partial charge in [0.05, 0.1) is 0 Å². The molecule has 4 heteroatoms. The smallest absolute Gasteiger partial charge is 0.141 e. The summed E-state index contributed by atoms with van der Waals surface area (Å²) in [7, 11) is 0. The second kappa shape index (κ2) is 4.73. The van der Waals surface area contributed by atoms with Gasteiger partial charge >= 0.3 is 0 Å². The van der Waals surface area contributed by atoms with E-state index in [1.165, 1.54) is 12.8 Å². The number of aromatic nitrogens is 1. The Labute approximate surface area is 102 Å². The van der Waals surface area contributed by atoms with Crippen LogP contribution in [0.25, 0.3) is 0 Å². The molecule has 0 bridgehead atoms. The van der Waals surface area contributed by atoms with E-state index in [0.717, 1.165) is 12.2 Å². The fourth-order valence-electron chi connectivity index (χ4n) is 2.55. The lowest BCUT2D eigenvalue weighted by Gasteiger charge is -2.29. The minimum atomic E-state index is 0.0344. The van der Waals surface area contributed by atoms with Gasteiger partial charge in [-0.15, -0.1) is 0 Å². The summed E-state index contributed by atoms with van der Waals surface area (Å²) < 4.78 is 0. The van der Waals surface area contributed by atoms with Crippen LogP contribution in [-0.2, 0) is 0 Å². The zero-order valence-corrected chi connectivity index (χ0v) is 10.5. The van der Waals surface area contributed by atoms with Crippen molar-refractivity contribution in [1.29, 1.82) is 5.41 Å². The zero-order valence-electron chi connectivity index (χ0n) is 10.5. The molecule has 1 aromatic heterocycles. The Morgan fingerprint density at radius 1 is 1.59 bits per heavy atom. The highest BCUT2D eigenvalue weighted by Gasteiger charge is 2.27. The van der Waals surface area contributed by atoms with Gasteiger partial charge in [0.2, 0.25) is 0 Å². The molecule has 1 aromatic rings. The third-order valence-electron chi connectivity index (χ3n) is 3.42. The van der Waals surface area contributed by atoms with Gasteiger partial charge in [-0.1, -0.05) is 13.8 Å². The summed E-state index contributed by atoms with van der Waals surface area (Å²) in [5, 5.41) is 7.43. The first-order chi connectivity index (χ1) is 8.09. The molecule has 4 nitrogen and oxygen atoms in total. The first-order valence-corrected chi connectivity index (χ1v) is 6.16. The van der Waals surface area contributed by atoms with E-state index in [1.54, 1.807) is 6.20 Å². The van der Waals surface area contributed by atoms with E-state index in [-0.39, 0.29) is 5.84 Å². The van der Waals surface area contributed by atoms with Crippen LogP contribution in [0.15, 0.2) is 18.3 Å². The first-order valence-electron chi connectivity index (χ1n) is 6.16. The molecule has 1 aliphatic heterocycles. The van der Waals surface area contributed by atoms with Crippen LogP contribution >= 0.6 is 0 Å². The number of anilines is 1. The highest BCUT2D eigenvalue weighted by atomic mass is 15.2. The van der Waals surface area contributed by atoms with E-state index in [0.29, 0.717) is 17.7 Å². The summed E-state index contributed by atoms with van der Waals surface area (Å²) in [6.45, 7) is 5.61. The Morgan fingerprint density at radius 2 is 2.35 bits per heavy atom. The van der Waals surface area contributed by atoms with E-state index in [9.17, 15) is 0 Å². The van der Waals surface area contributed by atoms with Crippen molar-refractivity contribution >= 4 is 11.5 Å². The predicted octanol–water partition coefficient (Wildman–Crippen LogP) is 1.99. The third kappa shape index (κ3) is 2.40. The molecular formula is C13H20N4. The average Bonchev–Trinajstić information content (AvgIpc) is 2.78. The zero-order chi connectivity index (χ0) is 12.4. The van der Waals surface area contributed by atoms with Crippen LogP contribution in [0.2, 0.25) is 0 Å². The average molecular weight is 232 g/mol. The van der Waals surface area contributed by atoms with E-state index in [1.807, 2.05) is 12.1 Å². The summed E-state index contributed by atoms with van der Waals surface area (Å²) in [4.78, 5) is 6.52. The van der Waals surface area contributed by atoms with Crippen molar-refractivity contribution < 1.29 is 0 Å². The Hall–Kier alpha value is -1.58. The number of nitrogens with two attached hydrogens (primary N) is 1. The van der Waals surface area contributed by atoms with Crippen molar-refractivity contribution in [3.05, 3.63) is 24.0 Å². The van der Waals surface area contributed by atoms with Gasteiger partial charge in [0, 0.05) is 24.5 Å². The van der Waals surface area contributed by atoms with Gasteiger partial charge in [0.15, 0.2) is 0 Å². The molecule has 2 heterocycles. The van der Waals surface area contributed by atoms with Crippen molar-refractivity contribution in [3.63, 3.8) is 0 Å². The number of hydrogen-bond donors (Lipinski definition) is 2. The molecule has 1 atom stereocenters. The normalized spacial score (nSPS) is 19.9.